The first-order valence-electron chi connectivity index (χ1n) is 13.2. The van der Waals surface area contributed by atoms with E-state index in [2.05, 4.69) is 9.88 Å². The SMILES string of the molecule is CC/C=C(/N=c1ccc(N(CC)CCN(C)C(=O)OC(C)(C)C)cn1C(C)=O)c1cc(F)c2nc(C)cn2c1. The van der Waals surface area contributed by atoms with E-state index >= 15 is 0 Å². The molecule has 0 aliphatic heterocycles. The minimum atomic E-state index is -0.567. The van der Waals surface area contributed by atoms with Gasteiger partial charge in [-0.1, -0.05) is 13.0 Å². The number of hydrogen-bond donors (Lipinski definition) is 0. The zero-order chi connectivity index (χ0) is 28.9. The van der Waals surface area contributed by atoms with E-state index in [4.69, 9.17) is 9.73 Å². The molecular weight excluding hydrogens is 499 g/mol. The van der Waals surface area contributed by atoms with Crippen molar-refractivity contribution in [3.05, 3.63) is 65.4 Å². The quantitative estimate of drug-likeness (QED) is 0.389. The van der Waals surface area contributed by atoms with Crippen LogP contribution in [0.15, 0.2) is 47.9 Å². The predicted octanol–water partition coefficient (Wildman–Crippen LogP) is 5.29. The van der Waals surface area contributed by atoms with Gasteiger partial charge in [0.15, 0.2) is 11.5 Å². The number of allylic oxidation sites excluding steroid dienone is 1. The molecule has 0 N–H and O–H groups in total. The number of hydrogen-bond acceptors (Lipinski definition) is 6. The van der Waals surface area contributed by atoms with Crippen molar-refractivity contribution < 1.29 is 18.7 Å². The first-order valence-corrected chi connectivity index (χ1v) is 13.2. The summed E-state index contributed by atoms with van der Waals surface area (Å²) in [6.45, 7) is 14.4. The molecule has 1 amide bonds. The zero-order valence-corrected chi connectivity index (χ0v) is 24.2. The summed E-state index contributed by atoms with van der Waals surface area (Å²) in [5.74, 6) is -0.650. The number of fused-ring (bicyclic) bond motifs is 1. The number of aromatic nitrogens is 3. The summed E-state index contributed by atoms with van der Waals surface area (Å²) in [6, 6.07) is 5.08. The van der Waals surface area contributed by atoms with Crippen molar-refractivity contribution in [2.75, 3.05) is 31.6 Å². The van der Waals surface area contributed by atoms with Crippen LogP contribution < -0.4 is 10.4 Å². The van der Waals surface area contributed by atoms with Crippen molar-refractivity contribution in [2.45, 2.75) is 60.5 Å². The molecule has 9 nitrogen and oxygen atoms in total. The number of ether oxygens (including phenoxy) is 1. The van der Waals surface area contributed by atoms with E-state index in [-0.39, 0.29) is 17.6 Å². The highest BCUT2D eigenvalue weighted by Crippen LogP contribution is 2.21. The Morgan fingerprint density at radius 3 is 2.49 bits per heavy atom. The number of carbonyl (C=O) groups excluding carboxylic acids is 2. The molecule has 0 spiro atoms. The molecule has 0 saturated carbocycles. The fourth-order valence-electron chi connectivity index (χ4n) is 4.05. The van der Waals surface area contributed by atoms with Crippen molar-refractivity contribution in [3.8, 4) is 0 Å². The van der Waals surface area contributed by atoms with Gasteiger partial charge >= 0.3 is 6.09 Å². The summed E-state index contributed by atoms with van der Waals surface area (Å²) in [6.07, 6.45) is 7.47. The van der Waals surface area contributed by atoms with E-state index in [9.17, 15) is 14.0 Å². The van der Waals surface area contributed by atoms with Crippen molar-refractivity contribution in [2.24, 2.45) is 4.99 Å². The third kappa shape index (κ3) is 7.55. The standard InChI is InChI=1S/C29H39FN6O3/c1-9-11-25(22-16-24(30)27-31-20(3)17-35(27)18-22)32-26-13-12-23(19-36(26)21(4)37)34(10-2)15-14-33(8)28(38)39-29(5,6)7/h11-13,16-19H,9-10,14-15H2,1-8H3/b25-11+,32-26?. The molecule has 0 aromatic carbocycles. The number of carbonyl (C=O) groups is 2. The fourth-order valence-corrected chi connectivity index (χ4v) is 4.05. The van der Waals surface area contributed by atoms with Crippen LogP contribution in [0.5, 0.6) is 0 Å². The van der Waals surface area contributed by atoms with Crippen LogP contribution in [0.2, 0.25) is 0 Å². The minimum absolute atomic E-state index is 0.208. The third-order valence-electron chi connectivity index (χ3n) is 5.96. The predicted molar refractivity (Wildman–Crippen MR) is 151 cm³/mol. The smallest absolute Gasteiger partial charge is 0.410 e. The van der Waals surface area contributed by atoms with Gasteiger partial charge in [0.1, 0.15) is 11.1 Å². The van der Waals surface area contributed by atoms with Gasteiger partial charge in [-0.25, -0.2) is 19.2 Å². The number of nitrogens with zero attached hydrogens (tertiary/aromatic N) is 6. The van der Waals surface area contributed by atoms with Crippen LogP contribution in [0, 0.1) is 12.7 Å². The van der Waals surface area contributed by atoms with Crippen molar-refractivity contribution >= 4 is 29.0 Å². The monoisotopic (exact) mass is 538 g/mol. The summed E-state index contributed by atoms with van der Waals surface area (Å²) in [4.78, 5) is 37.6. The van der Waals surface area contributed by atoms with Crippen molar-refractivity contribution in [1.29, 1.82) is 0 Å². The van der Waals surface area contributed by atoms with Gasteiger partial charge in [-0.2, -0.15) is 0 Å². The maximum Gasteiger partial charge on any atom is 0.410 e. The van der Waals surface area contributed by atoms with Crippen molar-refractivity contribution in [1.82, 2.24) is 18.9 Å². The van der Waals surface area contributed by atoms with E-state index in [1.165, 1.54) is 22.5 Å². The number of amides is 1. The molecule has 0 atom stereocenters. The molecule has 3 aromatic rings. The van der Waals surface area contributed by atoms with Crippen LogP contribution in [-0.4, -0.2) is 63.1 Å². The first kappa shape index (κ1) is 29.6. The average molecular weight is 539 g/mol. The van der Waals surface area contributed by atoms with E-state index in [1.54, 1.807) is 36.1 Å². The van der Waals surface area contributed by atoms with Crippen LogP contribution in [-0.2, 0) is 4.74 Å². The first-order chi connectivity index (χ1) is 18.3. The topological polar surface area (TPSA) is 84.4 Å². The summed E-state index contributed by atoms with van der Waals surface area (Å²) in [7, 11) is 1.70. The Balaban J connectivity index is 1.93. The Morgan fingerprint density at radius 1 is 1.15 bits per heavy atom. The highest BCUT2D eigenvalue weighted by molar-refractivity contribution is 5.77. The van der Waals surface area contributed by atoms with Gasteiger partial charge in [-0.3, -0.25) is 9.36 Å². The minimum Gasteiger partial charge on any atom is -0.444 e. The number of halogens is 1. The Bertz CT molecular complexity index is 1450. The van der Waals surface area contributed by atoms with E-state index in [0.717, 1.165) is 5.69 Å². The summed E-state index contributed by atoms with van der Waals surface area (Å²) in [5.41, 5.74) is 2.78. The lowest BCUT2D eigenvalue weighted by Gasteiger charge is -2.28. The molecule has 0 saturated heterocycles. The molecule has 3 aromatic heterocycles. The largest absolute Gasteiger partial charge is 0.444 e. The molecule has 0 unspecified atom stereocenters. The lowest BCUT2D eigenvalue weighted by atomic mass is 10.2. The van der Waals surface area contributed by atoms with E-state index < -0.39 is 11.4 Å². The maximum absolute atomic E-state index is 14.8. The Kier molecular flexibility index (Phi) is 9.32. The summed E-state index contributed by atoms with van der Waals surface area (Å²) >= 11 is 0. The summed E-state index contributed by atoms with van der Waals surface area (Å²) in [5, 5.41) is 0. The maximum atomic E-state index is 14.8. The molecule has 0 aliphatic rings. The molecule has 39 heavy (non-hydrogen) atoms. The van der Waals surface area contributed by atoms with E-state index in [0.29, 0.717) is 48.5 Å². The lowest BCUT2D eigenvalue weighted by molar-refractivity contribution is 0.0303. The van der Waals surface area contributed by atoms with Gasteiger partial charge in [0.05, 0.1) is 17.1 Å². The van der Waals surface area contributed by atoms with Gasteiger partial charge in [0.2, 0.25) is 5.91 Å². The second-order valence-electron chi connectivity index (χ2n) is 10.4. The normalized spacial score (nSPS) is 12.6. The van der Waals surface area contributed by atoms with Crippen molar-refractivity contribution in [3.63, 3.8) is 0 Å². The Labute approximate surface area is 229 Å². The van der Waals surface area contributed by atoms with Gasteiger partial charge in [-0.05, 0) is 59.2 Å². The van der Waals surface area contributed by atoms with Gasteiger partial charge in [0.25, 0.3) is 0 Å². The molecule has 3 heterocycles. The molecule has 0 aliphatic carbocycles. The molecular formula is C29H39FN6O3. The average Bonchev–Trinajstić information content (AvgIpc) is 3.24. The van der Waals surface area contributed by atoms with Gasteiger partial charge < -0.3 is 18.9 Å². The number of rotatable bonds is 8. The molecule has 0 fully saturated rings. The molecule has 210 valence electrons. The number of anilines is 1. The van der Waals surface area contributed by atoms with Crippen LogP contribution in [0.3, 0.4) is 0 Å². The Hall–Kier alpha value is -3.95. The second kappa shape index (κ2) is 12.3. The highest BCUT2D eigenvalue weighted by atomic mass is 19.1. The number of pyridine rings is 2. The van der Waals surface area contributed by atoms with Crippen LogP contribution in [0.1, 0.15) is 64.0 Å². The van der Waals surface area contributed by atoms with Crippen LogP contribution in [0.25, 0.3) is 11.3 Å². The second-order valence-corrected chi connectivity index (χ2v) is 10.4. The molecule has 0 bridgehead atoms. The van der Waals surface area contributed by atoms with Crippen LogP contribution >= 0.6 is 0 Å². The zero-order valence-electron chi connectivity index (χ0n) is 24.2. The number of aryl methyl sites for hydroxylation is 1. The Morgan fingerprint density at radius 2 is 1.87 bits per heavy atom. The molecule has 10 heteroatoms. The molecule has 0 radical (unpaired) electrons. The fraction of sp³-hybridized carbons (Fsp3) is 0.448. The number of imidazole rings is 1. The summed E-state index contributed by atoms with van der Waals surface area (Å²) < 4.78 is 23.4. The van der Waals surface area contributed by atoms with Crippen LogP contribution in [0.4, 0.5) is 14.9 Å². The third-order valence-corrected chi connectivity index (χ3v) is 5.96. The van der Waals surface area contributed by atoms with Gasteiger partial charge in [-0.15, -0.1) is 0 Å². The highest BCUT2D eigenvalue weighted by Gasteiger charge is 2.20. The van der Waals surface area contributed by atoms with E-state index in [1.807, 2.05) is 53.7 Å². The molecule has 3 rings (SSSR count). The number of likely N-dealkylation sites (N-methyl/N-ethyl adjacent to an activating group) is 2. The lowest BCUT2D eigenvalue weighted by Crippen LogP contribution is -2.39. The van der Waals surface area contributed by atoms with Gasteiger partial charge in [0, 0.05) is 57.8 Å².